The van der Waals surface area contributed by atoms with Crippen molar-refractivity contribution in [3.8, 4) is 0 Å². The fraction of sp³-hybridized carbons (Fsp3) is 0.750. The SMILES string of the molecule is O=C(O)C1CC(C2CC2)C(=O)N1. The summed E-state index contributed by atoms with van der Waals surface area (Å²) in [5.74, 6) is -0.531. The molecule has 2 aliphatic rings. The van der Waals surface area contributed by atoms with Crippen molar-refractivity contribution < 1.29 is 14.7 Å². The van der Waals surface area contributed by atoms with E-state index in [9.17, 15) is 9.59 Å². The van der Waals surface area contributed by atoms with Crippen LogP contribution in [0.15, 0.2) is 0 Å². The van der Waals surface area contributed by atoms with Gasteiger partial charge in [-0.25, -0.2) is 4.79 Å². The zero-order valence-corrected chi connectivity index (χ0v) is 6.62. The van der Waals surface area contributed by atoms with E-state index in [1.165, 1.54) is 0 Å². The van der Waals surface area contributed by atoms with Crippen LogP contribution in [0, 0.1) is 11.8 Å². The summed E-state index contributed by atoms with van der Waals surface area (Å²) in [6.07, 6.45) is 2.66. The topological polar surface area (TPSA) is 66.4 Å². The number of hydrogen-bond acceptors (Lipinski definition) is 2. The third kappa shape index (κ3) is 1.17. The van der Waals surface area contributed by atoms with Crippen LogP contribution in [-0.4, -0.2) is 23.0 Å². The predicted octanol–water partition coefficient (Wildman–Crippen LogP) is -0.0143. The molecule has 1 aliphatic carbocycles. The number of rotatable bonds is 2. The quantitative estimate of drug-likeness (QED) is 0.610. The molecule has 1 aliphatic heterocycles. The largest absolute Gasteiger partial charge is 0.480 e. The molecule has 1 saturated heterocycles. The molecule has 0 aromatic heterocycles. The number of carbonyl (C=O) groups excluding carboxylic acids is 1. The molecule has 4 heteroatoms. The fourth-order valence-electron chi connectivity index (χ4n) is 1.77. The summed E-state index contributed by atoms with van der Waals surface area (Å²) in [4.78, 5) is 21.7. The van der Waals surface area contributed by atoms with Crippen LogP contribution in [0.1, 0.15) is 19.3 Å². The van der Waals surface area contributed by atoms with E-state index in [2.05, 4.69) is 5.32 Å². The second kappa shape index (κ2) is 2.47. The Morgan fingerprint density at radius 2 is 2.17 bits per heavy atom. The summed E-state index contributed by atoms with van der Waals surface area (Å²) < 4.78 is 0. The van der Waals surface area contributed by atoms with Crippen molar-refractivity contribution in [1.82, 2.24) is 5.32 Å². The van der Waals surface area contributed by atoms with Crippen molar-refractivity contribution in [1.29, 1.82) is 0 Å². The predicted molar refractivity (Wildman–Crippen MR) is 40.4 cm³/mol. The molecule has 0 aromatic rings. The summed E-state index contributed by atoms with van der Waals surface area (Å²) in [7, 11) is 0. The first-order chi connectivity index (χ1) is 5.68. The summed E-state index contributed by atoms with van der Waals surface area (Å²) in [6.45, 7) is 0. The Bertz CT molecular complexity index is 234. The number of amides is 1. The minimum Gasteiger partial charge on any atom is -0.480 e. The number of nitrogens with one attached hydrogen (secondary N) is 1. The van der Waals surface area contributed by atoms with Gasteiger partial charge in [-0.1, -0.05) is 0 Å². The van der Waals surface area contributed by atoms with Crippen LogP contribution < -0.4 is 5.32 Å². The normalized spacial score (nSPS) is 34.8. The number of carboxylic acid groups (broad SMARTS) is 1. The first-order valence-corrected chi connectivity index (χ1v) is 4.21. The number of hydrogen-bond donors (Lipinski definition) is 2. The Morgan fingerprint density at radius 3 is 2.58 bits per heavy atom. The van der Waals surface area contributed by atoms with E-state index in [1.54, 1.807) is 0 Å². The van der Waals surface area contributed by atoms with E-state index in [-0.39, 0.29) is 11.8 Å². The standard InChI is InChI=1S/C8H11NO3/c10-7-5(4-1-2-4)3-6(9-7)8(11)12/h4-6H,1-3H2,(H,9,10)(H,11,12). The van der Waals surface area contributed by atoms with Gasteiger partial charge in [-0.3, -0.25) is 4.79 Å². The first-order valence-electron chi connectivity index (χ1n) is 4.21. The maximum absolute atomic E-state index is 11.2. The fourth-order valence-corrected chi connectivity index (χ4v) is 1.77. The van der Waals surface area contributed by atoms with Gasteiger partial charge >= 0.3 is 5.97 Å². The zero-order chi connectivity index (χ0) is 8.72. The molecule has 0 radical (unpaired) electrons. The highest BCUT2D eigenvalue weighted by molar-refractivity contribution is 5.89. The highest BCUT2D eigenvalue weighted by Crippen LogP contribution is 2.41. The molecule has 1 amide bonds. The maximum atomic E-state index is 11.2. The molecule has 0 bridgehead atoms. The van der Waals surface area contributed by atoms with Gasteiger partial charge in [0.25, 0.3) is 0 Å². The Balaban J connectivity index is 2.01. The molecule has 1 saturated carbocycles. The molecule has 12 heavy (non-hydrogen) atoms. The van der Waals surface area contributed by atoms with Gasteiger partial charge in [-0.05, 0) is 25.2 Å². The van der Waals surface area contributed by atoms with Crippen LogP contribution in [0.5, 0.6) is 0 Å². The maximum Gasteiger partial charge on any atom is 0.326 e. The molecule has 1 heterocycles. The van der Waals surface area contributed by atoms with Gasteiger partial charge in [0.1, 0.15) is 6.04 Å². The second-order valence-electron chi connectivity index (χ2n) is 3.58. The summed E-state index contributed by atoms with van der Waals surface area (Å²) in [5.41, 5.74) is 0. The van der Waals surface area contributed by atoms with Crippen LogP contribution >= 0.6 is 0 Å². The van der Waals surface area contributed by atoms with Crippen molar-refractivity contribution >= 4 is 11.9 Å². The molecule has 0 spiro atoms. The lowest BCUT2D eigenvalue weighted by atomic mass is 10.00. The van der Waals surface area contributed by atoms with E-state index >= 15 is 0 Å². The summed E-state index contributed by atoms with van der Waals surface area (Å²) >= 11 is 0. The van der Waals surface area contributed by atoms with Gasteiger partial charge in [0.2, 0.25) is 5.91 Å². The lowest BCUT2D eigenvalue weighted by molar-refractivity contribution is -0.140. The van der Waals surface area contributed by atoms with Crippen LogP contribution in [0.25, 0.3) is 0 Å². The van der Waals surface area contributed by atoms with Crippen LogP contribution in [0.3, 0.4) is 0 Å². The van der Waals surface area contributed by atoms with Crippen molar-refractivity contribution in [2.45, 2.75) is 25.3 Å². The molecular weight excluding hydrogens is 158 g/mol. The number of carbonyl (C=O) groups is 2. The van der Waals surface area contributed by atoms with E-state index < -0.39 is 12.0 Å². The van der Waals surface area contributed by atoms with Crippen molar-refractivity contribution in [3.63, 3.8) is 0 Å². The van der Waals surface area contributed by atoms with Crippen LogP contribution in [0.2, 0.25) is 0 Å². The molecule has 0 aromatic carbocycles. The molecule has 4 nitrogen and oxygen atoms in total. The molecule has 66 valence electrons. The summed E-state index contributed by atoms with van der Waals surface area (Å²) in [6, 6.07) is -0.636. The lowest BCUT2D eigenvalue weighted by Gasteiger charge is -2.01. The second-order valence-corrected chi connectivity index (χ2v) is 3.58. The van der Waals surface area contributed by atoms with Gasteiger partial charge in [-0.2, -0.15) is 0 Å². The van der Waals surface area contributed by atoms with Gasteiger partial charge in [0.05, 0.1) is 0 Å². The summed E-state index contributed by atoms with van der Waals surface area (Å²) in [5, 5.41) is 11.1. The zero-order valence-electron chi connectivity index (χ0n) is 6.62. The number of aliphatic carboxylic acids is 1. The van der Waals surface area contributed by atoms with Crippen molar-refractivity contribution in [2.24, 2.45) is 11.8 Å². The Morgan fingerprint density at radius 1 is 1.50 bits per heavy atom. The van der Waals surface area contributed by atoms with E-state index in [1.807, 2.05) is 0 Å². The monoisotopic (exact) mass is 169 g/mol. The van der Waals surface area contributed by atoms with Crippen LogP contribution in [-0.2, 0) is 9.59 Å². The third-order valence-corrected chi connectivity index (χ3v) is 2.63. The van der Waals surface area contributed by atoms with Gasteiger partial charge in [-0.15, -0.1) is 0 Å². The van der Waals surface area contributed by atoms with Crippen molar-refractivity contribution in [3.05, 3.63) is 0 Å². The molecule has 2 fully saturated rings. The highest BCUT2D eigenvalue weighted by Gasteiger charge is 2.44. The van der Waals surface area contributed by atoms with E-state index in [0.29, 0.717) is 12.3 Å². The van der Waals surface area contributed by atoms with Crippen molar-refractivity contribution in [2.75, 3.05) is 0 Å². The minimum atomic E-state index is -0.911. The average Bonchev–Trinajstić information content (AvgIpc) is 2.75. The first kappa shape index (κ1) is 7.58. The molecule has 2 N–H and O–H groups in total. The van der Waals surface area contributed by atoms with Gasteiger partial charge in [0.15, 0.2) is 0 Å². The molecule has 2 unspecified atom stereocenters. The smallest absolute Gasteiger partial charge is 0.326 e. The molecule has 2 rings (SSSR count). The number of carboxylic acids is 1. The molecule has 2 atom stereocenters. The van der Waals surface area contributed by atoms with E-state index in [0.717, 1.165) is 12.8 Å². The van der Waals surface area contributed by atoms with Gasteiger partial charge in [0, 0.05) is 5.92 Å². The Kier molecular flexibility index (Phi) is 1.56. The Hall–Kier alpha value is -1.06. The minimum absolute atomic E-state index is 0.0221. The van der Waals surface area contributed by atoms with Crippen LogP contribution in [0.4, 0.5) is 0 Å². The molecular formula is C8H11NO3. The highest BCUT2D eigenvalue weighted by atomic mass is 16.4. The van der Waals surface area contributed by atoms with E-state index in [4.69, 9.17) is 5.11 Å². The van der Waals surface area contributed by atoms with Gasteiger partial charge < -0.3 is 10.4 Å². The Labute approximate surface area is 69.9 Å². The lowest BCUT2D eigenvalue weighted by Crippen LogP contribution is -2.32. The third-order valence-electron chi connectivity index (χ3n) is 2.63. The average molecular weight is 169 g/mol.